The molecule has 120 valence electrons. The maximum absolute atomic E-state index is 12.8. The van der Waals surface area contributed by atoms with Crippen LogP contribution >= 0.6 is 0 Å². The lowest BCUT2D eigenvalue weighted by Gasteiger charge is -2.21. The predicted octanol–water partition coefficient (Wildman–Crippen LogP) is 2.74. The molecule has 11 heteroatoms. The van der Waals surface area contributed by atoms with Gasteiger partial charge in [0.05, 0.1) is 6.26 Å². The Balaban J connectivity index is 3.05. The summed E-state index contributed by atoms with van der Waals surface area (Å²) in [5.41, 5.74) is -0.567. The summed E-state index contributed by atoms with van der Waals surface area (Å²) < 4.78 is 101. The fourth-order valence-electron chi connectivity index (χ4n) is 1.40. The average Bonchev–Trinajstić information content (AvgIpc) is 2.22. The molecule has 1 rings (SSSR count). The number of hydrogen-bond acceptors (Lipinski definition) is 3. The smallest absolute Gasteiger partial charge is 0.406 e. The Labute approximate surface area is 115 Å². The van der Waals surface area contributed by atoms with Crippen LogP contribution in [0, 0.1) is 0 Å². The molecule has 0 spiro atoms. The summed E-state index contributed by atoms with van der Waals surface area (Å²) in [6, 6.07) is 0.138. The van der Waals surface area contributed by atoms with E-state index in [2.05, 4.69) is 4.74 Å². The molecule has 0 radical (unpaired) electrons. The highest BCUT2D eigenvalue weighted by atomic mass is 32.2. The van der Waals surface area contributed by atoms with Gasteiger partial charge in [-0.2, -0.15) is 17.9 Å². The van der Waals surface area contributed by atoms with Gasteiger partial charge in [-0.05, 0) is 17.7 Å². The summed E-state index contributed by atoms with van der Waals surface area (Å²) in [7, 11) is -4.17. The fraction of sp³-hybridized carbons (Fsp3) is 0.400. The largest absolute Gasteiger partial charge is 0.573 e. The van der Waals surface area contributed by atoms with Gasteiger partial charge < -0.3 is 4.74 Å². The monoisotopic (exact) mass is 337 g/mol. The number of halogens is 6. The SMILES string of the molecule is CS(=O)(=O)N[C@H](c1ccc(OC(F)(F)F)cc1)C(F)(F)F. The topological polar surface area (TPSA) is 55.4 Å². The van der Waals surface area contributed by atoms with E-state index in [1.54, 1.807) is 0 Å². The minimum Gasteiger partial charge on any atom is -0.406 e. The van der Waals surface area contributed by atoms with Crippen molar-refractivity contribution in [1.82, 2.24) is 4.72 Å². The van der Waals surface area contributed by atoms with Gasteiger partial charge in [0.1, 0.15) is 11.8 Å². The van der Waals surface area contributed by atoms with Gasteiger partial charge in [-0.3, -0.25) is 0 Å². The van der Waals surface area contributed by atoms with Gasteiger partial charge in [0, 0.05) is 0 Å². The highest BCUT2D eigenvalue weighted by molar-refractivity contribution is 7.88. The summed E-state index contributed by atoms with van der Waals surface area (Å²) in [5.74, 6) is -0.716. The van der Waals surface area contributed by atoms with Crippen LogP contribution in [0.1, 0.15) is 11.6 Å². The van der Waals surface area contributed by atoms with Crippen molar-refractivity contribution in [2.45, 2.75) is 18.6 Å². The number of benzene rings is 1. The normalized spacial score (nSPS) is 14.8. The van der Waals surface area contributed by atoms with Crippen LogP contribution < -0.4 is 9.46 Å². The molecule has 1 atom stereocenters. The first-order valence-electron chi connectivity index (χ1n) is 5.18. The highest BCUT2D eigenvalue weighted by Crippen LogP contribution is 2.34. The van der Waals surface area contributed by atoms with E-state index >= 15 is 0 Å². The number of rotatable bonds is 4. The Morgan fingerprint density at radius 1 is 1.05 bits per heavy atom. The second kappa shape index (κ2) is 5.72. The molecule has 0 bridgehead atoms. The zero-order valence-corrected chi connectivity index (χ0v) is 11.1. The van der Waals surface area contributed by atoms with Crippen molar-refractivity contribution in [3.63, 3.8) is 0 Å². The molecule has 1 aromatic carbocycles. The van der Waals surface area contributed by atoms with E-state index in [4.69, 9.17) is 0 Å². The second-order valence-electron chi connectivity index (χ2n) is 3.98. The quantitative estimate of drug-likeness (QED) is 0.860. The van der Waals surface area contributed by atoms with Crippen LogP contribution in [0.15, 0.2) is 24.3 Å². The average molecular weight is 337 g/mol. The van der Waals surface area contributed by atoms with Crippen LogP contribution in [-0.2, 0) is 10.0 Å². The molecular weight excluding hydrogens is 328 g/mol. The molecule has 0 aliphatic carbocycles. The number of sulfonamides is 1. The molecule has 0 amide bonds. The van der Waals surface area contributed by atoms with E-state index in [1.807, 2.05) is 0 Å². The van der Waals surface area contributed by atoms with Crippen molar-refractivity contribution in [3.8, 4) is 5.75 Å². The predicted molar refractivity (Wildman–Crippen MR) is 59.9 cm³/mol. The zero-order valence-electron chi connectivity index (χ0n) is 10.3. The van der Waals surface area contributed by atoms with Crippen LogP contribution in [0.2, 0.25) is 0 Å². The molecule has 0 aliphatic heterocycles. The van der Waals surface area contributed by atoms with Gasteiger partial charge in [-0.25, -0.2) is 8.42 Å². The summed E-state index contributed by atoms with van der Waals surface area (Å²) >= 11 is 0. The Hall–Kier alpha value is -1.49. The van der Waals surface area contributed by atoms with Crippen molar-refractivity contribution in [1.29, 1.82) is 0 Å². The Bertz CT molecular complexity index is 578. The van der Waals surface area contributed by atoms with E-state index in [0.29, 0.717) is 30.5 Å². The standard InChI is InChI=1S/C10H9F6NO3S/c1-21(18,19)17-8(9(11,12)13)6-2-4-7(5-3-6)20-10(14,15)16/h2-5,8,17H,1H3/t8-/m1/s1. The van der Waals surface area contributed by atoms with Gasteiger partial charge in [0.25, 0.3) is 0 Å². The lowest BCUT2D eigenvalue weighted by atomic mass is 10.1. The molecule has 0 unspecified atom stereocenters. The highest BCUT2D eigenvalue weighted by Gasteiger charge is 2.42. The second-order valence-corrected chi connectivity index (χ2v) is 5.76. The molecule has 0 saturated heterocycles. The van der Waals surface area contributed by atoms with Gasteiger partial charge in [0.15, 0.2) is 0 Å². The third-order valence-corrected chi connectivity index (χ3v) is 2.77. The van der Waals surface area contributed by atoms with Crippen LogP contribution in [0.4, 0.5) is 26.3 Å². The maximum Gasteiger partial charge on any atom is 0.573 e. The molecule has 0 aliphatic rings. The van der Waals surface area contributed by atoms with Gasteiger partial charge in [-0.1, -0.05) is 12.1 Å². The van der Waals surface area contributed by atoms with Crippen molar-refractivity contribution < 1.29 is 39.5 Å². The summed E-state index contributed by atoms with van der Waals surface area (Å²) in [4.78, 5) is 0. The number of hydrogen-bond donors (Lipinski definition) is 1. The first-order chi connectivity index (χ1) is 9.28. The summed E-state index contributed by atoms with van der Waals surface area (Å²) in [6.07, 6.45) is -9.39. The van der Waals surface area contributed by atoms with Crippen molar-refractivity contribution in [3.05, 3.63) is 29.8 Å². The van der Waals surface area contributed by atoms with E-state index < -0.39 is 39.9 Å². The van der Waals surface area contributed by atoms with Crippen molar-refractivity contribution in [2.75, 3.05) is 6.26 Å². The zero-order chi connectivity index (χ0) is 16.5. The van der Waals surface area contributed by atoms with Crippen LogP contribution in [0.3, 0.4) is 0 Å². The minimum atomic E-state index is -4.98. The molecule has 0 saturated carbocycles. The molecular formula is C10H9F6NO3S. The van der Waals surface area contributed by atoms with Crippen LogP contribution in [0.25, 0.3) is 0 Å². The third kappa shape index (κ3) is 6.21. The van der Waals surface area contributed by atoms with E-state index in [1.165, 1.54) is 4.72 Å². The number of alkyl halides is 6. The van der Waals surface area contributed by atoms with Crippen molar-refractivity contribution >= 4 is 10.0 Å². The lowest BCUT2D eigenvalue weighted by molar-refractivity contribution is -0.274. The Morgan fingerprint density at radius 3 is 1.86 bits per heavy atom. The molecule has 21 heavy (non-hydrogen) atoms. The van der Waals surface area contributed by atoms with Gasteiger partial charge >= 0.3 is 12.5 Å². The van der Waals surface area contributed by atoms with Crippen LogP contribution in [-0.4, -0.2) is 27.2 Å². The number of ether oxygens (including phenoxy) is 1. The van der Waals surface area contributed by atoms with Gasteiger partial charge in [-0.15, -0.1) is 13.2 Å². The van der Waals surface area contributed by atoms with Crippen LogP contribution in [0.5, 0.6) is 5.75 Å². The first kappa shape index (κ1) is 17.6. The molecule has 0 heterocycles. The third-order valence-electron chi connectivity index (χ3n) is 2.11. The fourth-order valence-corrected chi connectivity index (χ4v) is 2.10. The molecule has 0 aromatic heterocycles. The molecule has 1 N–H and O–H groups in total. The Morgan fingerprint density at radius 2 is 1.52 bits per heavy atom. The lowest BCUT2D eigenvalue weighted by Crippen LogP contribution is -2.37. The molecule has 0 fully saturated rings. The van der Waals surface area contributed by atoms with Gasteiger partial charge in [0.2, 0.25) is 10.0 Å². The summed E-state index contributed by atoms with van der Waals surface area (Å²) in [6.45, 7) is 0. The van der Waals surface area contributed by atoms with E-state index in [0.717, 1.165) is 0 Å². The van der Waals surface area contributed by atoms with Crippen molar-refractivity contribution in [2.24, 2.45) is 0 Å². The maximum atomic E-state index is 12.8. The van der Waals surface area contributed by atoms with E-state index in [9.17, 15) is 34.8 Å². The summed E-state index contributed by atoms with van der Waals surface area (Å²) in [5, 5.41) is 0. The number of nitrogens with one attached hydrogen (secondary N) is 1. The molecule has 1 aromatic rings. The Kier molecular flexibility index (Phi) is 4.78. The minimum absolute atomic E-state index is 0.535. The molecule has 4 nitrogen and oxygen atoms in total. The van der Waals surface area contributed by atoms with E-state index in [-0.39, 0.29) is 0 Å². The first-order valence-corrected chi connectivity index (χ1v) is 7.07.